The average molecular weight is 680 g/mol. The Balaban J connectivity index is 1.20. The molecule has 4 aromatic carbocycles. The molecule has 2 fully saturated rings. The Morgan fingerprint density at radius 2 is 1.54 bits per heavy atom. The van der Waals surface area contributed by atoms with E-state index in [1.54, 1.807) is 0 Å². The molecule has 2 aliphatic rings. The van der Waals surface area contributed by atoms with Gasteiger partial charge in [-0.15, -0.1) is 0 Å². The van der Waals surface area contributed by atoms with Crippen molar-refractivity contribution >= 4 is 40.0 Å². The second-order valence-corrected chi connectivity index (χ2v) is 14.2. The summed E-state index contributed by atoms with van der Waals surface area (Å²) in [4.78, 5) is 31.2. The molecule has 4 aromatic rings. The Bertz CT molecular complexity index is 1810. The van der Waals surface area contributed by atoms with E-state index < -0.39 is 12.1 Å². The molecule has 10 nitrogen and oxygen atoms in total. The molecule has 2 saturated heterocycles. The number of methoxy groups -OCH3 is 1. The molecule has 0 aliphatic carbocycles. The van der Waals surface area contributed by atoms with E-state index in [-0.39, 0.29) is 11.5 Å². The molecule has 0 radical (unpaired) electrons. The van der Waals surface area contributed by atoms with Gasteiger partial charge in [-0.25, -0.2) is 9.59 Å². The zero-order valence-corrected chi connectivity index (χ0v) is 29.8. The first kappa shape index (κ1) is 35.2. The number of rotatable bonds is 9. The number of hydrogen-bond donors (Lipinski definition) is 3. The van der Waals surface area contributed by atoms with Crippen LogP contribution in [0.25, 0.3) is 21.9 Å². The monoisotopic (exact) mass is 679 g/mol. The molecule has 1 atom stereocenters. The Morgan fingerprint density at radius 3 is 2.20 bits per heavy atom. The lowest BCUT2D eigenvalue weighted by molar-refractivity contribution is 0.0342. The lowest BCUT2D eigenvalue weighted by Gasteiger charge is -2.26. The molecule has 0 saturated carbocycles. The zero-order valence-electron chi connectivity index (χ0n) is 29.8. The third kappa shape index (κ3) is 8.38. The van der Waals surface area contributed by atoms with Gasteiger partial charge in [0.05, 0.1) is 37.4 Å². The number of ether oxygens (including phenoxy) is 3. The molecule has 50 heavy (non-hydrogen) atoms. The van der Waals surface area contributed by atoms with E-state index in [1.165, 1.54) is 12.7 Å². The quantitative estimate of drug-likeness (QED) is 0.165. The predicted molar refractivity (Wildman–Crippen MR) is 200 cm³/mol. The van der Waals surface area contributed by atoms with Crippen LogP contribution in [0.3, 0.4) is 0 Å². The number of urea groups is 1. The molecule has 3 N–H and O–H groups in total. The normalized spacial score (nSPS) is 17.0. The number of morpholine rings is 1. The maximum Gasteiger partial charge on any atom is 0.411 e. The van der Waals surface area contributed by atoms with E-state index in [0.717, 1.165) is 79.7 Å². The van der Waals surface area contributed by atoms with E-state index in [2.05, 4.69) is 76.9 Å². The number of hydrogen-bond acceptors (Lipinski definition) is 7. The SMILES string of the molecule is COc1c(NC(=O)Nc2ccc(-c3ccc(CN4CCOCC4)cc3)c3ccccc23)cc(C(C)(C)C)cc1NC(=O)OCC1CCCN1C. The number of nitrogens with one attached hydrogen (secondary N) is 3. The number of fused-ring (bicyclic) bond motifs is 1. The summed E-state index contributed by atoms with van der Waals surface area (Å²) >= 11 is 0. The zero-order chi connectivity index (χ0) is 35.3. The Labute approximate surface area is 295 Å². The predicted octanol–water partition coefficient (Wildman–Crippen LogP) is 7.93. The summed E-state index contributed by atoms with van der Waals surface area (Å²) in [7, 11) is 3.56. The van der Waals surface area contributed by atoms with Crippen molar-refractivity contribution in [3.63, 3.8) is 0 Å². The molecule has 1 unspecified atom stereocenters. The third-order valence-corrected chi connectivity index (χ3v) is 9.67. The fourth-order valence-electron chi connectivity index (χ4n) is 6.72. The number of likely N-dealkylation sites (tertiary alicyclic amines) is 1. The maximum absolute atomic E-state index is 13.6. The minimum Gasteiger partial charge on any atom is -0.492 e. The van der Waals surface area contributed by atoms with Crippen LogP contribution in [0.5, 0.6) is 5.75 Å². The first-order chi connectivity index (χ1) is 24.1. The van der Waals surface area contributed by atoms with Crippen molar-refractivity contribution in [2.45, 2.75) is 51.6 Å². The second kappa shape index (κ2) is 15.5. The Morgan fingerprint density at radius 1 is 0.860 bits per heavy atom. The first-order valence-corrected chi connectivity index (χ1v) is 17.4. The summed E-state index contributed by atoms with van der Waals surface area (Å²) in [5.74, 6) is 0.334. The summed E-state index contributed by atoms with van der Waals surface area (Å²) in [5, 5.41) is 10.9. The summed E-state index contributed by atoms with van der Waals surface area (Å²) in [6, 6.07) is 24.3. The van der Waals surface area contributed by atoms with Crippen LogP contribution in [-0.2, 0) is 21.4 Å². The van der Waals surface area contributed by atoms with E-state index in [4.69, 9.17) is 14.2 Å². The lowest BCUT2D eigenvalue weighted by Crippen LogP contribution is -2.35. The van der Waals surface area contributed by atoms with Crippen molar-refractivity contribution in [1.82, 2.24) is 9.80 Å². The molecule has 264 valence electrons. The number of anilines is 3. The van der Waals surface area contributed by atoms with Crippen molar-refractivity contribution in [3.8, 4) is 16.9 Å². The van der Waals surface area contributed by atoms with Crippen LogP contribution in [0.2, 0.25) is 0 Å². The first-order valence-electron chi connectivity index (χ1n) is 17.4. The maximum atomic E-state index is 13.6. The molecule has 3 amide bonds. The summed E-state index contributed by atoms with van der Waals surface area (Å²) in [6.07, 6.45) is 1.52. The van der Waals surface area contributed by atoms with Gasteiger partial charge in [-0.1, -0.05) is 75.4 Å². The number of carbonyl (C=O) groups is 2. The van der Waals surface area contributed by atoms with E-state index >= 15 is 0 Å². The second-order valence-electron chi connectivity index (χ2n) is 14.2. The van der Waals surface area contributed by atoms with Crippen molar-refractivity contribution in [2.24, 2.45) is 0 Å². The molecule has 2 heterocycles. The highest BCUT2D eigenvalue weighted by atomic mass is 16.5. The van der Waals surface area contributed by atoms with Crippen LogP contribution in [0.1, 0.15) is 44.7 Å². The average Bonchev–Trinajstić information content (AvgIpc) is 3.52. The standard InChI is InChI=1S/C40H49N5O5/c1-40(2,3)29-23-35(37(48-5)36(24-29)43-39(47)50-26-30-9-8-18-44(30)4)42-38(46)41-34-17-16-31(32-10-6-7-11-33(32)34)28-14-12-27(13-15-28)25-45-19-21-49-22-20-45/h6-7,10-17,23-24,30H,8-9,18-22,25-26H2,1-5H3,(H,43,47)(H2,41,42,46). The number of amides is 3. The highest BCUT2D eigenvalue weighted by Gasteiger charge is 2.25. The summed E-state index contributed by atoms with van der Waals surface area (Å²) < 4.78 is 16.8. The topological polar surface area (TPSA) is 104 Å². The van der Waals surface area contributed by atoms with Gasteiger partial charge < -0.3 is 29.7 Å². The fraction of sp³-hybridized carbons (Fsp3) is 0.400. The van der Waals surface area contributed by atoms with Gasteiger partial charge in [-0.05, 0) is 77.7 Å². The number of benzene rings is 4. The molecule has 10 heteroatoms. The van der Waals surface area contributed by atoms with Gasteiger partial charge in [0, 0.05) is 31.1 Å². The van der Waals surface area contributed by atoms with Gasteiger partial charge in [0.25, 0.3) is 0 Å². The molecule has 6 rings (SSSR count). The van der Waals surface area contributed by atoms with Crippen LogP contribution in [0, 0.1) is 0 Å². The minimum absolute atomic E-state index is 0.209. The van der Waals surface area contributed by atoms with Crippen molar-refractivity contribution in [2.75, 3.05) is 69.6 Å². The van der Waals surface area contributed by atoms with Gasteiger partial charge in [0.2, 0.25) is 0 Å². The fourth-order valence-corrected chi connectivity index (χ4v) is 6.72. The van der Waals surface area contributed by atoms with Gasteiger partial charge in [0.1, 0.15) is 6.61 Å². The molecule has 0 spiro atoms. The minimum atomic E-state index is -0.566. The van der Waals surface area contributed by atoms with Crippen LogP contribution in [0.15, 0.2) is 72.8 Å². The number of nitrogens with zero attached hydrogens (tertiary/aromatic N) is 2. The van der Waals surface area contributed by atoms with Crippen LogP contribution < -0.4 is 20.7 Å². The van der Waals surface area contributed by atoms with E-state index in [9.17, 15) is 9.59 Å². The van der Waals surface area contributed by atoms with E-state index in [1.807, 2.05) is 49.5 Å². The molecule has 0 aromatic heterocycles. The van der Waals surface area contributed by atoms with Crippen molar-refractivity contribution < 1.29 is 23.8 Å². The Kier molecular flexibility index (Phi) is 10.9. The van der Waals surface area contributed by atoms with Gasteiger partial charge in [0.15, 0.2) is 5.75 Å². The van der Waals surface area contributed by atoms with Crippen LogP contribution in [0.4, 0.5) is 26.7 Å². The van der Waals surface area contributed by atoms with Gasteiger partial charge in [-0.2, -0.15) is 0 Å². The number of carbonyl (C=O) groups excluding carboxylic acids is 2. The summed E-state index contributed by atoms with van der Waals surface area (Å²) in [5.41, 5.74) is 5.63. The molecule has 2 aliphatic heterocycles. The van der Waals surface area contributed by atoms with E-state index in [0.29, 0.717) is 29.4 Å². The lowest BCUT2D eigenvalue weighted by atomic mass is 9.86. The highest BCUT2D eigenvalue weighted by molar-refractivity contribution is 6.10. The summed E-state index contributed by atoms with van der Waals surface area (Å²) in [6.45, 7) is 11.9. The van der Waals surface area contributed by atoms with Gasteiger partial charge >= 0.3 is 12.1 Å². The third-order valence-electron chi connectivity index (χ3n) is 9.67. The molecule has 0 bridgehead atoms. The van der Waals surface area contributed by atoms with Crippen molar-refractivity contribution in [1.29, 1.82) is 0 Å². The highest BCUT2D eigenvalue weighted by Crippen LogP contribution is 2.39. The smallest absolute Gasteiger partial charge is 0.411 e. The number of likely N-dealkylation sites (N-methyl/N-ethyl adjacent to an activating group) is 1. The Hall–Kier alpha value is -4.64. The molecular formula is C40H49N5O5. The van der Waals surface area contributed by atoms with Crippen LogP contribution >= 0.6 is 0 Å². The van der Waals surface area contributed by atoms with Crippen LogP contribution in [-0.4, -0.2) is 81.6 Å². The van der Waals surface area contributed by atoms with Gasteiger partial charge in [-0.3, -0.25) is 10.2 Å². The molecular weight excluding hydrogens is 630 g/mol. The largest absolute Gasteiger partial charge is 0.492 e. The van der Waals surface area contributed by atoms with Crippen molar-refractivity contribution in [3.05, 3.63) is 83.9 Å².